The molecular formula is C35H56O9. The highest BCUT2D eigenvalue weighted by Crippen LogP contribution is 2.27. The molecule has 0 aliphatic carbocycles. The van der Waals surface area contributed by atoms with Gasteiger partial charge in [0.05, 0.1) is 31.5 Å². The van der Waals surface area contributed by atoms with Crippen LogP contribution >= 0.6 is 0 Å². The number of cyclic esters (lactones) is 1. The van der Waals surface area contributed by atoms with Crippen molar-refractivity contribution in [2.45, 2.75) is 98.9 Å². The molecule has 0 saturated carbocycles. The van der Waals surface area contributed by atoms with E-state index in [9.17, 15) is 30.0 Å². The van der Waals surface area contributed by atoms with Crippen molar-refractivity contribution in [3.63, 3.8) is 0 Å². The molecule has 44 heavy (non-hydrogen) atoms. The van der Waals surface area contributed by atoms with Crippen molar-refractivity contribution in [1.82, 2.24) is 0 Å². The number of aliphatic hydroxyl groups is 4. The number of ether oxygens (including phenoxy) is 3. The Morgan fingerprint density at radius 3 is 2.18 bits per heavy atom. The highest BCUT2D eigenvalue weighted by Gasteiger charge is 2.38. The first-order valence-corrected chi connectivity index (χ1v) is 15.4. The SMILES string of the molecule is COC1=CC(C)=C[C@@H](C)[C@H](O)[C@@H](C)C(O)C(C)=CC=C[C@H](OC)[C@@H]([C@@H](C)[C@@H](O)[C@H](C)C(=O)/C=C/[C@H](C)[C@H](O)C(C)C)OC1=O. The smallest absolute Gasteiger partial charge is 0.373 e. The predicted octanol–water partition coefficient (Wildman–Crippen LogP) is 4.31. The Kier molecular flexibility index (Phi) is 16.5. The molecule has 1 heterocycles. The number of hydrogen-bond donors (Lipinski definition) is 4. The fourth-order valence-electron chi connectivity index (χ4n) is 5.38. The molecule has 9 nitrogen and oxygen atoms in total. The van der Waals surface area contributed by atoms with Crippen molar-refractivity contribution < 1.29 is 44.2 Å². The summed E-state index contributed by atoms with van der Waals surface area (Å²) in [6, 6.07) is 0. The van der Waals surface area contributed by atoms with E-state index in [2.05, 4.69) is 0 Å². The molecule has 0 amide bonds. The standard InChI is InChI=1S/C35H56O9/c1-19(2)30(37)22(5)15-16-27(36)24(7)33(40)26(9)34-28(42-10)14-12-13-21(4)31(38)25(8)32(39)23(6)17-20(3)18-29(43-11)35(41)44-34/h12-19,22-26,28,30-34,37-40H,1-11H3/b14-12?,16-15+,20-17?,21-13?,29-18?/t22-,23+,24+,25-,26-,28-,30+,31?,32-,33-,34+/m0/s1. The van der Waals surface area contributed by atoms with Crippen LogP contribution in [0.25, 0.3) is 0 Å². The van der Waals surface area contributed by atoms with Crippen LogP contribution in [-0.2, 0) is 23.8 Å². The number of aliphatic hydroxyl groups excluding tert-OH is 4. The fraction of sp³-hybridized carbons (Fsp3) is 0.657. The second kappa shape index (κ2) is 18.4. The molecule has 0 aromatic carbocycles. The van der Waals surface area contributed by atoms with Crippen LogP contribution in [0.15, 0.2) is 59.4 Å². The van der Waals surface area contributed by atoms with E-state index >= 15 is 0 Å². The van der Waals surface area contributed by atoms with E-state index < -0.39 is 60.3 Å². The second-order valence-electron chi connectivity index (χ2n) is 12.6. The zero-order valence-electron chi connectivity index (χ0n) is 28.3. The van der Waals surface area contributed by atoms with E-state index in [1.54, 1.807) is 65.0 Å². The first-order chi connectivity index (χ1) is 20.5. The zero-order chi connectivity index (χ0) is 33.9. The van der Waals surface area contributed by atoms with Crippen molar-refractivity contribution in [3.8, 4) is 0 Å². The monoisotopic (exact) mass is 620 g/mol. The van der Waals surface area contributed by atoms with Crippen LogP contribution < -0.4 is 0 Å². The number of carbonyl (C=O) groups excluding carboxylic acids is 2. The van der Waals surface area contributed by atoms with Gasteiger partial charge in [-0.05, 0) is 37.5 Å². The lowest BCUT2D eigenvalue weighted by Gasteiger charge is -2.33. The normalized spacial score (nSPS) is 29.6. The third-order valence-corrected chi connectivity index (χ3v) is 8.65. The van der Waals surface area contributed by atoms with Gasteiger partial charge in [0.2, 0.25) is 5.76 Å². The summed E-state index contributed by atoms with van der Waals surface area (Å²) in [6.45, 7) is 16.0. The quantitative estimate of drug-likeness (QED) is 0.208. The van der Waals surface area contributed by atoms with Crippen molar-refractivity contribution in [1.29, 1.82) is 0 Å². The summed E-state index contributed by atoms with van der Waals surface area (Å²) in [5, 5.41) is 43.4. The summed E-state index contributed by atoms with van der Waals surface area (Å²) < 4.78 is 17.0. The molecular weight excluding hydrogens is 564 g/mol. The molecule has 11 atom stereocenters. The third-order valence-electron chi connectivity index (χ3n) is 8.65. The molecule has 250 valence electrons. The van der Waals surface area contributed by atoms with E-state index in [1.165, 1.54) is 26.4 Å². The van der Waals surface area contributed by atoms with Gasteiger partial charge in [0, 0.05) is 36.7 Å². The van der Waals surface area contributed by atoms with Gasteiger partial charge in [0.1, 0.15) is 12.2 Å². The number of hydrogen-bond acceptors (Lipinski definition) is 9. The maximum atomic E-state index is 13.4. The third kappa shape index (κ3) is 11.1. The van der Waals surface area contributed by atoms with Gasteiger partial charge in [-0.25, -0.2) is 4.79 Å². The van der Waals surface area contributed by atoms with Crippen LogP contribution in [0.3, 0.4) is 0 Å². The number of carbonyl (C=O) groups is 2. The van der Waals surface area contributed by atoms with E-state index in [-0.39, 0.29) is 29.3 Å². The average Bonchev–Trinajstić information content (AvgIpc) is 2.99. The van der Waals surface area contributed by atoms with Gasteiger partial charge in [-0.1, -0.05) is 84.4 Å². The summed E-state index contributed by atoms with van der Waals surface area (Å²) in [5.74, 6) is -3.86. The Morgan fingerprint density at radius 2 is 1.64 bits per heavy atom. The van der Waals surface area contributed by atoms with Crippen LogP contribution in [0, 0.1) is 35.5 Å². The minimum atomic E-state index is -1.22. The van der Waals surface area contributed by atoms with Crippen LogP contribution in [0.5, 0.6) is 0 Å². The highest BCUT2D eigenvalue weighted by atomic mass is 16.6. The van der Waals surface area contributed by atoms with E-state index in [1.807, 2.05) is 27.7 Å². The topological polar surface area (TPSA) is 143 Å². The van der Waals surface area contributed by atoms with Crippen molar-refractivity contribution >= 4 is 11.8 Å². The number of allylic oxidation sites excluding steroid dienone is 5. The molecule has 0 aromatic rings. The summed E-state index contributed by atoms with van der Waals surface area (Å²) in [5.41, 5.74) is 1.26. The lowest BCUT2D eigenvalue weighted by molar-refractivity contribution is -0.162. The van der Waals surface area contributed by atoms with Gasteiger partial charge >= 0.3 is 5.97 Å². The van der Waals surface area contributed by atoms with Crippen LogP contribution in [0.4, 0.5) is 0 Å². The van der Waals surface area contributed by atoms with Crippen LogP contribution in [0.2, 0.25) is 0 Å². The summed E-state index contributed by atoms with van der Waals surface area (Å²) >= 11 is 0. The molecule has 0 bridgehead atoms. The zero-order valence-corrected chi connectivity index (χ0v) is 28.3. The Morgan fingerprint density at radius 1 is 1.02 bits per heavy atom. The van der Waals surface area contributed by atoms with Gasteiger partial charge in [-0.3, -0.25) is 4.79 Å². The molecule has 0 aromatic heterocycles. The molecule has 9 heteroatoms. The Hall–Kier alpha value is -2.56. The van der Waals surface area contributed by atoms with E-state index in [0.29, 0.717) is 11.1 Å². The summed E-state index contributed by atoms with van der Waals surface area (Å²) in [4.78, 5) is 26.4. The summed E-state index contributed by atoms with van der Waals surface area (Å²) in [6.07, 6.45) is 5.86. The summed E-state index contributed by atoms with van der Waals surface area (Å²) in [7, 11) is 2.78. The van der Waals surface area contributed by atoms with Gasteiger partial charge in [-0.15, -0.1) is 0 Å². The van der Waals surface area contributed by atoms with Gasteiger partial charge in [0.25, 0.3) is 0 Å². The number of rotatable bonds is 10. The maximum Gasteiger partial charge on any atom is 0.373 e. The minimum absolute atomic E-state index is 0.0238. The van der Waals surface area contributed by atoms with Crippen molar-refractivity contribution in [3.05, 3.63) is 59.4 Å². The molecule has 0 saturated heterocycles. The largest absolute Gasteiger partial charge is 0.490 e. The second-order valence-corrected chi connectivity index (χ2v) is 12.6. The molecule has 1 aliphatic heterocycles. The van der Waals surface area contributed by atoms with Gasteiger partial charge < -0.3 is 34.6 Å². The average molecular weight is 621 g/mol. The Labute approximate surface area is 264 Å². The predicted molar refractivity (Wildman–Crippen MR) is 171 cm³/mol. The first kappa shape index (κ1) is 39.5. The maximum absolute atomic E-state index is 13.4. The van der Waals surface area contributed by atoms with Gasteiger partial charge in [-0.2, -0.15) is 0 Å². The number of methoxy groups -OCH3 is 2. The molecule has 4 N–H and O–H groups in total. The van der Waals surface area contributed by atoms with Gasteiger partial charge in [0.15, 0.2) is 5.78 Å². The first-order valence-electron chi connectivity index (χ1n) is 15.4. The lowest BCUT2D eigenvalue weighted by Crippen LogP contribution is -2.45. The van der Waals surface area contributed by atoms with Crippen LogP contribution in [0.1, 0.15) is 62.3 Å². The molecule has 1 rings (SSSR count). The minimum Gasteiger partial charge on any atom is -0.490 e. The molecule has 1 unspecified atom stereocenters. The van der Waals surface area contributed by atoms with Crippen LogP contribution in [-0.4, -0.2) is 83.0 Å². The molecule has 0 fully saturated rings. The fourth-order valence-corrected chi connectivity index (χ4v) is 5.38. The number of esters is 1. The number of ketones is 1. The Bertz CT molecular complexity index is 1090. The molecule has 1 aliphatic rings. The molecule has 0 radical (unpaired) electrons. The van der Waals surface area contributed by atoms with E-state index in [4.69, 9.17) is 14.2 Å². The highest BCUT2D eigenvalue weighted by molar-refractivity contribution is 5.92. The van der Waals surface area contributed by atoms with Crippen molar-refractivity contribution in [2.75, 3.05) is 14.2 Å². The van der Waals surface area contributed by atoms with E-state index in [0.717, 1.165) is 0 Å². The van der Waals surface area contributed by atoms with Crippen molar-refractivity contribution in [2.24, 2.45) is 35.5 Å². The lowest BCUT2D eigenvalue weighted by atomic mass is 9.84. The molecule has 0 spiro atoms. The Balaban J connectivity index is 3.52.